The zero-order valence-corrected chi connectivity index (χ0v) is 20.8. The smallest absolute Gasteiger partial charge is 0.303 e. The molecule has 0 spiro atoms. The molecule has 34 heavy (non-hydrogen) atoms. The molecule has 7 heteroatoms. The highest BCUT2D eigenvalue weighted by molar-refractivity contribution is 6.30. The first-order valence-electron chi connectivity index (χ1n) is 12.2. The molecule has 0 aliphatic carbocycles. The van der Waals surface area contributed by atoms with Crippen molar-refractivity contribution in [2.75, 3.05) is 19.6 Å². The maximum absolute atomic E-state index is 13.4. The maximum atomic E-state index is 13.4. The van der Waals surface area contributed by atoms with Gasteiger partial charge in [0, 0.05) is 18.0 Å². The van der Waals surface area contributed by atoms with E-state index in [-0.39, 0.29) is 23.8 Å². The first-order chi connectivity index (χ1) is 16.4. The van der Waals surface area contributed by atoms with Crippen LogP contribution in [0.2, 0.25) is 5.02 Å². The standard InChI is InChI=1S/C27H33ClN4O2/c1-20(2)17-25(33)19-26-29-32(27(34)31(26)24-8-6-7-22(28)18-24)23-11-9-21(10-12-23)13-16-30-14-4-3-5-15-30/h6-12,18,20H,3-5,13-17,19H2,1-2H3. The number of carbonyl (C=O) groups is 1. The minimum Gasteiger partial charge on any atom is -0.303 e. The van der Waals surface area contributed by atoms with Gasteiger partial charge in [0.25, 0.3) is 0 Å². The molecule has 1 fully saturated rings. The van der Waals surface area contributed by atoms with Crippen molar-refractivity contribution in [3.8, 4) is 11.4 Å². The van der Waals surface area contributed by atoms with Crippen LogP contribution in [0.4, 0.5) is 0 Å². The monoisotopic (exact) mass is 480 g/mol. The van der Waals surface area contributed by atoms with Gasteiger partial charge in [-0.3, -0.25) is 4.79 Å². The lowest BCUT2D eigenvalue weighted by Crippen LogP contribution is -2.31. The van der Waals surface area contributed by atoms with Crippen molar-refractivity contribution in [2.45, 2.75) is 52.4 Å². The van der Waals surface area contributed by atoms with Crippen LogP contribution >= 0.6 is 11.6 Å². The van der Waals surface area contributed by atoms with Crippen molar-refractivity contribution in [1.82, 2.24) is 19.2 Å². The second-order valence-electron chi connectivity index (χ2n) is 9.56. The van der Waals surface area contributed by atoms with E-state index in [0.717, 1.165) is 13.0 Å². The first-order valence-corrected chi connectivity index (χ1v) is 12.6. The summed E-state index contributed by atoms with van der Waals surface area (Å²) in [5.74, 6) is 0.731. The highest BCUT2D eigenvalue weighted by Crippen LogP contribution is 2.17. The molecule has 3 aromatic rings. The molecular formula is C27H33ClN4O2. The average Bonchev–Trinajstić information content (AvgIpc) is 3.13. The molecule has 2 aromatic carbocycles. The van der Waals surface area contributed by atoms with Gasteiger partial charge >= 0.3 is 5.69 Å². The van der Waals surface area contributed by atoms with E-state index in [1.165, 1.54) is 47.2 Å². The molecule has 1 aliphatic rings. The lowest BCUT2D eigenvalue weighted by molar-refractivity contribution is -0.119. The number of rotatable bonds is 9. The number of hydrogen-bond acceptors (Lipinski definition) is 4. The van der Waals surface area contributed by atoms with Gasteiger partial charge in [-0.25, -0.2) is 9.36 Å². The Labute approximate surface area is 206 Å². The van der Waals surface area contributed by atoms with E-state index in [1.807, 2.05) is 26.0 Å². The Balaban J connectivity index is 1.60. The number of benzene rings is 2. The highest BCUT2D eigenvalue weighted by atomic mass is 35.5. The molecule has 0 bridgehead atoms. The molecule has 0 atom stereocenters. The van der Waals surface area contributed by atoms with Gasteiger partial charge in [0.15, 0.2) is 0 Å². The topological polar surface area (TPSA) is 60.1 Å². The summed E-state index contributed by atoms with van der Waals surface area (Å²) in [4.78, 5) is 28.5. The van der Waals surface area contributed by atoms with Crippen LogP contribution in [0, 0.1) is 5.92 Å². The fourth-order valence-electron chi connectivity index (χ4n) is 4.54. The molecule has 6 nitrogen and oxygen atoms in total. The van der Waals surface area contributed by atoms with E-state index in [1.54, 1.807) is 24.3 Å². The Kier molecular flexibility index (Phi) is 8.01. The van der Waals surface area contributed by atoms with E-state index < -0.39 is 0 Å². The van der Waals surface area contributed by atoms with Crippen molar-refractivity contribution < 1.29 is 4.79 Å². The quantitative estimate of drug-likeness (QED) is 0.438. The largest absolute Gasteiger partial charge is 0.355 e. The second-order valence-corrected chi connectivity index (χ2v) is 9.99. The Morgan fingerprint density at radius 2 is 1.76 bits per heavy atom. The highest BCUT2D eigenvalue weighted by Gasteiger charge is 2.19. The van der Waals surface area contributed by atoms with Crippen molar-refractivity contribution in [2.24, 2.45) is 5.92 Å². The third-order valence-corrected chi connectivity index (χ3v) is 6.49. The van der Waals surface area contributed by atoms with Gasteiger partial charge < -0.3 is 4.90 Å². The van der Waals surface area contributed by atoms with Gasteiger partial charge in [-0.05, 0) is 74.2 Å². The zero-order chi connectivity index (χ0) is 24.1. The summed E-state index contributed by atoms with van der Waals surface area (Å²) in [6, 6.07) is 15.1. The van der Waals surface area contributed by atoms with Gasteiger partial charge in [-0.15, -0.1) is 5.10 Å². The Bertz CT molecular complexity index is 1170. The third kappa shape index (κ3) is 6.05. The van der Waals surface area contributed by atoms with Crippen LogP contribution in [0.25, 0.3) is 11.4 Å². The van der Waals surface area contributed by atoms with Gasteiger partial charge in [0.1, 0.15) is 11.6 Å². The maximum Gasteiger partial charge on any atom is 0.355 e. The van der Waals surface area contributed by atoms with Crippen molar-refractivity contribution in [1.29, 1.82) is 0 Å². The first kappa shape index (κ1) is 24.4. The summed E-state index contributed by atoms with van der Waals surface area (Å²) in [5, 5.41) is 5.10. The van der Waals surface area contributed by atoms with E-state index in [9.17, 15) is 9.59 Å². The number of piperidine rings is 1. The summed E-state index contributed by atoms with van der Waals surface area (Å²) in [6.45, 7) is 7.45. The Morgan fingerprint density at radius 1 is 1.03 bits per heavy atom. The Morgan fingerprint density at radius 3 is 2.44 bits per heavy atom. The average molecular weight is 481 g/mol. The molecule has 1 aromatic heterocycles. The SMILES string of the molecule is CC(C)CC(=O)Cc1nn(-c2ccc(CCN3CCCCC3)cc2)c(=O)n1-c1cccc(Cl)c1. The predicted octanol–water partition coefficient (Wildman–Crippen LogP) is 4.86. The number of ketones is 1. The fourth-order valence-corrected chi connectivity index (χ4v) is 4.73. The Hall–Kier alpha value is -2.70. The van der Waals surface area contributed by atoms with Gasteiger partial charge in [0.05, 0.1) is 17.8 Å². The summed E-state index contributed by atoms with van der Waals surface area (Å²) in [7, 11) is 0. The molecule has 0 saturated carbocycles. The number of halogens is 1. The molecule has 1 aliphatic heterocycles. The number of aromatic nitrogens is 3. The van der Waals surface area contributed by atoms with Crippen LogP contribution in [0.3, 0.4) is 0 Å². The van der Waals surface area contributed by atoms with Crippen LogP contribution in [0.5, 0.6) is 0 Å². The second kappa shape index (κ2) is 11.2. The van der Waals surface area contributed by atoms with Crippen LogP contribution in [-0.4, -0.2) is 44.7 Å². The van der Waals surface area contributed by atoms with E-state index in [0.29, 0.717) is 28.6 Å². The summed E-state index contributed by atoms with van der Waals surface area (Å²) < 4.78 is 2.88. The van der Waals surface area contributed by atoms with Crippen molar-refractivity contribution in [3.05, 3.63) is 75.4 Å². The lowest BCUT2D eigenvalue weighted by atomic mass is 10.1. The number of carbonyl (C=O) groups excluding carboxylic acids is 1. The molecular weight excluding hydrogens is 448 g/mol. The van der Waals surface area contributed by atoms with E-state index in [4.69, 9.17) is 11.6 Å². The molecule has 0 radical (unpaired) electrons. The van der Waals surface area contributed by atoms with Gasteiger partial charge in [-0.2, -0.15) is 4.68 Å². The van der Waals surface area contributed by atoms with Gasteiger partial charge in [-0.1, -0.05) is 50.1 Å². The third-order valence-electron chi connectivity index (χ3n) is 6.25. The number of nitrogens with zero attached hydrogens (tertiary/aromatic N) is 4. The summed E-state index contributed by atoms with van der Waals surface area (Å²) in [5.41, 5.74) is 2.22. The number of likely N-dealkylation sites (tertiary alicyclic amines) is 1. The summed E-state index contributed by atoms with van der Waals surface area (Å²) >= 11 is 6.19. The van der Waals surface area contributed by atoms with Crippen molar-refractivity contribution >= 4 is 17.4 Å². The number of Topliss-reactive ketones (excluding diaryl/α,β-unsaturated/α-hetero) is 1. The lowest BCUT2D eigenvalue weighted by Gasteiger charge is -2.26. The molecule has 0 amide bonds. The van der Waals surface area contributed by atoms with Crippen LogP contribution in [0.15, 0.2) is 53.3 Å². The minimum absolute atomic E-state index is 0.0588. The molecule has 2 heterocycles. The molecule has 0 unspecified atom stereocenters. The normalized spacial score (nSPS) is 14.6. The van der Waals surface area contributed by atoms with E-state index in [2.05, 4.69) is 22.1 Å². The molecule has 180 valence electrons. The van der Waals surface area contributed by atoms with Crippen LogP contribution in [0.1, 0.15) is 50.9 Å². The zero-order valence-electron chi connectivity index (χ0n) is 20.0. The fraction of sp³-hybridized carbons (Fsp3) is 0.444. The van der Waals surface area contributed by atoms with E-state index >= 15 is 0 Å². The summed E-state index contributed by atoms with van der Waals surface area (Å²) in [6.07, 6.45) is 5.45. The van der Waals surface area contributed by atoms with Crippen LogP contribution in [-0.2, 0) is 17.6 Å². The van der Waals surface area contributed by atoms with Crippen molar-refractivity contribution in [3.63, 3.8) is 0 Å². The minimum atomic E-state index is -0.310. The predicted molar refractivity (Wildman–Crippen MR) is 136 cm³/mol. The van der Waals surface area contributed by atoms with Gasteiger partial charge in [0.2, 0.25) is 0 Å². The molecule has 0 N–H and O–H groups in total. The number of hydrogen-bond donors (Lipinski definition) is 0. The molecule has 4 rings (SSSR count). The molecule has 1 saturated heterocycles. The van der Waals surface area contributed by atoms with Crippen LogP contribution < -0.4 is 5.69 Å².